The summed E-state index contributed by atoms with van der Waals surface area (Å²) in [6.45, 7) is 9.63. The number of thiazole rings is 1. The molecule has 0 radical (unpaired) electrons. The Bertz CT molecular complexity index is 669. The molecular weight excluding hydrogens is 423 g/mol. The molecule has 0 saturated carbocycles. The van der Waals surface area contributed by atoms with Crippen LogP contribution in [0, 0.1) is 27.7 Å². The summed E-state index contributed by atoms with van der Waals surface area (Å²) in [5, 5.41) is 12.1. The van der Waals surface area contributed by atoms with Gasteiger partial charge in [0.15, 0.2) is 5.96 Å². The zero-order valence-electron chi connectivity index (χ0n) is 14.5. The van der Waals surface area contributed by atoms with Crippen molar-refractivity contribution in [2.24, 2.45) is 12.0 Å². The normalized spacial score (nSPS) is 11.3. The third-order valence-electron chi connectivity index (χ3n) is 3.79. The molecule has 2 aromatic heterocycles. The number of hydrogen-bond acceptors (Lipinski definition) is 4. The second-order valence-electron chi connectivity index (χ2n) is 5.30. The van der Waals surface area contributed by atoms with Crippen molar-refractivity contribution in [2.75, 3.05) is 7.05 Å². The summed E-state index contributed by atoms with van der Waals surface area (Å²) in [5.74, 6) is 0.771. The van der Waals surface area contributed by atoms with E-state index in [9.17, 15) is 0 Å². The molecule has 2 aromatic rings. The van der Waals surface area contributed by atoms with Crippen LogP contribution in [0.1, 0.15) is 32.5 Å². The van der Waals surface area contributed by atoms with E-state index >= 15 is 0 Å². The van der Waals surface area contributed by atoms with Crippen LogP contribution in [-0.4, -0.2) is 27.8 Å². The standard InChI is InChI=1S/C15H24N6S.HI/c1-9-12(4)22-14(19-9)8-18-15(16-5)17-7-13-10(2)20-21(6)11(13)3;/h7-8H2,1-6H3,(H2,16,17,18);1H. The molecule has 2 heterocycles. The fourth-order valence-corrected chi connectivity index (χ4v) is 3.11. The number of guanidine groups is 1. The van der Waals surface area contributed by atoms with Crippen LogP contribution in [0.3, 0.4) is 0 Å². The van der Waals surface area contributed by atoms with Gasteiger partial charge in [-0.2, -0.15) is 5.10 Å². The second-order valence-corrected chi connectivity index (χ2v) is 6.59. The summed E-state index contributed by atoms with van der Waals surface area (Å²) < 4.78 is 1.91. The predicted molar refractivity (Wildman–Crippen MR) is 107 cm³/mol. The van der Waals surface area contributed by atoms with Gasteiger partial charge in [-0.05, 0) is 27.7 Å². The summed E-state index contributed by atoms with van der Waals surface area (Å²) in [5.41, 5.74) is 4.54. The third kappa shape index (κ3) is 4.90. The van der Waals surface area contributed by atoms with Gasteiger partial charge in [0.05, 0.1) is 17.9 Å². The molecule has 6 nitrogen and oxygen atoms in total. The highest BCUT2D eigenvalue weighted by atomic mass is 127. The fraction of sp³-hybridized carbons (Fsp3) is 0.533. The highest BCUT2D eigenvalue weighted by molar-refractivity contribution is 14.0. The summed E-state index contributed by atoms with van der Waals surface area (Å²) >= 11 is 1.72. The molecule has 128 valence electrons. The van der Waals surface area contributed by atoms with Crippen LogP contribution in [-0.2, 0) is 20.1 Å². The minimum atomic E-state index is 0. The van der Waals surface area contributed by atoms with Gasteiger partial charge in [0.2, 0.25) is 0 Å². The topological polar surface area (TPSA) is 67.1 Å². The Morgan fingerprint density at radius 1 is 1.13 bits per heavy atom. The van der Waals surface area contributed by atoms with Gasteiger partial charge >= 0.3 is 0 Å². The van der Waals surface area contributed by atoms with E-state index in [0.717, 1.165) is 22.4 Å². The molecule has 2 N–H and O–H groups in total. The zero-order valence-corrected chi connectivity index (χ0v) is 17.7. The van der Waals surface area contributed by atoms with Crippen LogP contribution in [0.5, 0.6) is 0 Å². The first kappa shape index (κ1) is 19.9. The van der Waals surface area contributed by atoms with E-state index in [2.05, 4.69) is 39.6 Å². The molecule has 0 aliphatic carbocycles. The van der Waals surface area contributed by atoms with Crippen molar-refractivity contribution >= 4 is 41.3 Å². The highest BCUT2D eigenvalue weighted by Gasteiger charge is 2.10. The lowest BCUT2D eigenvalue weighted by molar-refractivity contribution is 0.728. The monoisotopic (exact) mass is 448 g/mol. The van der Waals surface area contributed by atoms with E-state index in [1.54, 1.807) is 18.4 Å². The summed E-state index contributed by atoms with van der Waals surface area (Å²) in [7, 11) is 3.74. The molecule has 0 atom stereocenters. The SMILES string of the molecule is CN=C(NCc1nc(C)c(C)s1)NCc1c(C)nn(C)c1C.I. The van der Waals surface area contributed by atoms with Crippen LogP contribution in [0.2, 0.25) is 0 Å². The third-order valence-corrected chi connectivity index (χ3v) is 4.87. The number of rotatable bonds is 4. The van der Waals surface area contributed by atoms with Crippen LogP contribution in [0.15, 0.2) is 4.99 Å². The van der Waals surface area contributed by atoms with Gasteiger partial charge < -0.3 is 10.6 Å². The lowest BCUT2D eigenvalue weighted by Gasteiger charge is -2.11. The average Bonchev–Trinajstić information content (AvgIpc) is 2.92. The van der Waals surface area contributed by atoms with Crippen LogP contribution in [0.25, 0.3) is 0 Å². The predicted octanol–water partition coefficient (Wildman–Crippen LogP) is 2.59. The molecule has 8 heteroatoms. The Hall–Kier alpha value is -1.16. The quantitative estimate of drug-likeness (QED) is 0.429. The smallest absolute Gasteiger partial charge is 0.191 e. The number of hydrogen-bond donors (Lipinski definition) is 2. The van der Waals surface area contributed by atoms with Crippen molar-refractivity contribution in [2.45, 2.75) is 40.8 Å². The van der Waals surface area contributed by atoms with E-state index < -0.39 is 0 Å². The fourth-order valence-electron chi connectivity index (χ4n) is 2.24. The number of nitrogens with one attached hydrogen (secondary N) is 2. The first-order valence-corrected chi connectivity index (χ1v) is 8.10. The summed E-state index contributed by atoms with van der Waals surface area (Å²) in [4.78, 5) is 10.0. The van der Waals surface area contributed by atoms with Crippen LogP contribution >= 0.6 is 35.3 Å². The molecule has 23 heavy (non-hydrogen) atoms. The van der Waals surface area contributed by atoms with Gasteiger partial charge in [0, 0.05) is 36.8 Å². The van der Waals surface area contributed by atoms with E-state index in [4.69, 9.17) is 0 Å². The molecule has 0 spiro atoms. The van der Waals surface area contributed by atoms with E-state index in [0.29, 0.717) is 13.1 Å². The molecule has 0 unspecified atom stereocenters. The minimum absolute atomic E-state index is 0. The van der Waals surface area contributed by atoms with Crippen molar-refractivity contribution in [1.29, 1.82) is 0 Å². The van der Waals surface area contributed by atoms with Crippen molar-refractivity contribution in [3.8, 4) is 0 Å². The molecule has 0 fully saturated rings. The number of aromatic nitrogens is 3. The molecular formula is C15H25IN6S. The van der Waals surface area contributed by atoms with Gasteiger partial charge in [-0.1, -0.05) is 0 Å². The molecule has 0 saturated heterocycles. The Labute approximate surface area is 158 Å². The van der Waals surface area contributed by atoms with Gasteiger partial charge in [-0.15, -0.1) is 35.3 Å². The molecule has 2 rings (SSSR count). The average molecular weight is 448 g/mol. The van der Waals surface area contributed by atoms with Crippen molar-refractivity contribution in [1.82, 2.24) is 25.4 Å². The number of aryl methyl sites for hydroxylation is 4. The molecule has 0 aliphatic rings. The van der Waals surface area contributed by atoms with Crippen molar-refractivity contribution in [3.63, 3.8) is 0 Å². The number of nitrogens with zero attached hydrogens (tertiary/aromatic N) is 4. The van der Waals surface area contributed by atoms with Gasteiger partial charge in [-0.3, -0.25) is 9.67 Å². The maximum absolute atomic E-state index is 4.53. The lowest BCUT2D eigenvalue weighted by atomic mass is 10.2. The molecule has 0 amide bonds. The molecule has 0 bridgehead atoms. The Morgan fingerprint density at radius 2 is 1.78 bits per heavy atom. The van der Waals surface area contributed by atoms with Crippen molar-refractivity contribution in [3.05, 3.63) is 32.5 Å². The lowest BCUT2D eigenvalue weighted by Crippen LogP contribution is -2.36. The van der Waals surface area contributed by atoms with E-state index in [1.807, 2.05) is 25.6 Å². The van der Waals surface area contributed by atoms with Crippen LogP contribution in [0.4, 0.5) is 0 Å². The number of aliphatic imine (C=N–C) groups is 1. The molecule has 0 aromatic carbocycles. The maximum Gasteiger partial charge on any atom is 0.191 e. The van der Waals surface area contributed by atoms with Gasteiger partial charge in [0.1, 0.15) is 5.01 Å². The zero-order chi connectivity index (χ0) is 16.3. The number of halogens is 1. The van der Waals surface area contributed by atoms with Crippen LogP contribution < -0.4 is 10.6 Å². The first-order chi connectivity index (χ1) is 10.4. The minimum Gasteiger partial charge on any atom is -0.352 e. The Balaban J connectivity index is 0.00000264. The van der Waals surface area contributed by atoms with E-state index in [-0.39, 0.29) is 24.0 Å². The Kier molecular flexibility index (Phi) is 7.46. The summed E-state index contributed by atoms with van der Waals surface area (Å²) in [6, 6.07) is 0. The largest absolute Gasteiger partial charge is 0.352 e. The van der Waals surface area contributed by atoms with Gasteiger partial charge in [0.25, 0.3) is 0 Å². The summed E-state index contributed by atoms with van der Waals surface area (Å²) in [6.07, 6.45) is 0. The second kappa shape index (κ2) is 8.62. The Morgan fingerprint density at radius 3 is 2.26 bits per heavy atom. The first-order valence-electron chi connectivity index (χ1n) is 7.28. The molecule has 0 aliphatic heterocycles. The van der Waals surface area contributed by atoms with E-state index in [1.165, 1.54) is 16.1 Å². The maximum atomic E-state index is 4.53. The highest BCUT2D eigenvalue weighted by Crippen LogP contribution is 2.16. The van der Waals surface area contributed by atoms with Crippen molar-refractivity contribution < 1.29 is 0 Å². The van der Waals surface area contributed by atoms with Gasteiger partial charge in [-0.25, -0.2) is 4.98 Å².